The summed E-state index contributed by atoms with van der Waals surface area (Å²) < 4.78 is 11.9. The van der Waals surface area contributed by atoms with Gasteiger partial charge >= 0.3 is 0 Å². The van der Waals surface area contributed by atoms with Crippen LogP contribution in [-0.2, 0) is 11.2 Å². The van der Waals surface area contributed by atoms with Gasteiger partial charge in [-0.25, -0.2) is 4.98 Å². The van der Waals surface area contributed by atoms with Gasteiger partial charge in [0.25, 0.3) is 5.91 Å². The number of amides is 2. The molecule has 1 saturated carbocycles. The number of thiazole rings is 1. The molecule has 0 N–H and O–H groups in total. The summed E-state index contributed by atoms with van der Waals surface area (Å²) in [5.41, 5.74) is 2.92. The summed E-state index contributed by atoms with van der Waals surface area (Å²) in [4.78, 5) is 39.2. The van der Waals surface area contributed by atoms with Crippen molar-refractivity contribution in [1.82, 2.24) is 30.0 Å². The van der Waals surface area contributed by atoms with Gasteiger partial charge in [-0.1, -0.05) is 26.0 Å². The first-order valence-corrected chi connectivity index (χ1v) is 13.3. The Bertz CT molecular complexity index is 1470. The zero-order valence-corrected chi connectivity index (χ0v) is 21.4. The number of hydrogen-bond acceptors (Lipinski definition) is 9. The molecule has 5 heterocycles. The summed E-state index contributed by atoms with van der Waals surface area (Å²) >= 11 is 1.33. The SMILES string of the molecule is CC1(C)C[C@@H]1C(=O)N1CC2(CN(C(=O)c3cncs3)CC2c2nnc(Cc3nc4ccccc4o3)o2)C1. The summed E-state index contributed by atoms with van der Waals surface area (Å²) in [7, 11) is 0. The summed E-state index contributed by atoms with van der Waals surface area (Å²) in [6.07, 6.45) is 2.81. The van der Waals surface area contributed by atoms with Crippen LogP contribution in [0, 0.1) is 16.7 Å². The van der Waals surface area contributed by atoms with Gasteiger partial charge < -0.3 is 18.6 Å². The molecule has 3 aliphatic rings. The van der Waals surface area contributed by atoms with Gasteiger partial charge in [0.05, 0.1) is 17.6 Å². The molecule has 2 atom stereocenters. The van der Waals surface area contributed by atoms with Crippen LogP contribution in [-0.4, -0.2) is 68.0 Å². The predicted octanol–water partition coefficient (Wildman–Crippen LogP) is 3.37. The highest BCUT2D eigenvalue weighted by Crippen LogP contribution is 2.55. The summed E-state index contributed by atoms with van der Waals surface area (Å²) in [6, 6.07) is 7.58. The maximum Gasteiger partial charge on any atom is 0.265 e. The van der Waals surface area contributed by atoms with Crippen molar-refractivity contribution < 1.29 is 18.4 Å². The van der Waals surface area contributed by atoms with Crippen molar-refractivity contribution in [3.05, 3.63) is 58.5 Å². The molecule has 0 bridgehead atoms. The third-order valence-corrected chi connectivity index (χ3v) is 8.90. The molecule has 1 spiro atoms. The molecular formula is C26H26N6O4S. The van der Waals surface area contributed by atoms with E-state index < -0.39 is 0 Å². The lowest BCUT2D eigenvalue weighted by Gasteiger charge is -2.50. The van der Waals surface area contributed by atoms with Crippen molar-refractivity contribution >= 4 is 34.3 Å². The average Bonchev–Trinajstić information content (AvgIpc) is 3.46. The van der Waals surface area contributed by atoms with E-state index in [0.717, 1.165) is 11.9 Å². The smallest absolute Gasteiger partial charge is 0.265 e. The van der Waals surface area contributed by atoms with E-state index in [0.29, 0.717) is 54.3 Å². The average molecular weight is 519 g/mol. The monoisotopic (exact) mass is 518 g/mol. The first-order chi connectivity index (χ1) is 17.8. The molecule has 11 heteroatoms. The van der Waals surface area contributed by atoms with Crippen LogP contribution >= 0.6 is 11.3 Å². The fourth-order valence-electron chi connectivity index (χ4n) is 5.84. The molecule has 1 aliphatic carbocycles. The van der Waals surface area contributed by atoms with E-state index in [1.165, 1.54) is 11.3 Å². The fourth-order valence-corrected chi connectivity index (χ4v) is 6.43. The van der Waals surface area contributed by atoms with Crippen molar-refractivity contribution in [3.63, 3.8) is 0 Å². The lowest BCUT2D eigenvalue weighted by molar-refractivity contribution is -0.146. The molecule has 10 nitrogen and oxygen atoms in total. The van der Waals surface area contributed by atoms with E-state index in [2.05, 4.69) is 34.0 Å². The third kappa shape index (κ3) is 3.75. The normalized spacial score (nSPS) is 23.5. The van der Waals surface area contributed by atoms with Crippen LogP contribution in [0.5, 0.6) is 0 Å². The van der Waals surface area contributed by atoms with E-state index in [9.17, 15) is 9.59 Å². The maximum atomic E-state index is 13.2. The molecule has 3 fully saturated rings. The number of likely N-dealkylation sites (tertiary alicyclic amines) is 2. The number of aromatic nitrogens is 4. The molecule has 2 aliphatic heterocycles. The minimum absolute atomic E-state index is 0.0521. The lowest BCUT2D eigenvalue weighted by atomic mass is 9.71. The van der Waals surface area contributed by atoms with Crippen LogP contribution < -0.4 is 0 Å². The fraction of sp³-hybridized carbons (Fsp3) is 0.462. The number of hydrogen-bond donors (Lipinski definition) is 0. The highest BCUT2D eigenvalue weighted by Gasteiger charge is 2.61. The predicted molar refractivity (Wildman–Crippen MR) is 133 cm³/mol. The second-order valence-electron chi connectivity index (χ2n) is 11.2. The number of benzene rings is 1. The van der Waals surface area contributed by atoms with Gasteiger partial charge in [0.15, 0.2) is 5.58 Å². The van der Waals surface area contributed by atoms with Gasteiger partial charge in [0.1, 0.15) is 16.8 Å². The van der Waals surface area contributed by atoms with Crippen molar-refractivity contribution in [3.8, 4) is 0 Å². The Kier molecular flexibility index (Phi) is 4.85. The van der Waals surface area contributed by atoms with Crippen LogP contribution in [0.1, 0.15) is 53.5 Å². The van der Waals surface area contributed by atoms with Gasteiger partial charge in [0.2, 0.25) is 23.6 Å². The van der Waals surface area contributed by atoms with Crippen molar-refractivity contribution in [2.75, 3.05) is 26.2 Å². The Morgan fingerprint density at radius 3 is 2.59 bits per heavy atom. The summed E-state index contributed by atoms with van der Waals surface area (Å²) in [5.74, 6) is 1.50. The molecule has 2 saturated heterocycles. The van der Waals surface area contributed by atoms with Crippen molar-refractivity contribution in [2.24, 2.45) is 16.7 Å². The zero-order valence-electron chi connectivity index (χ0n) is 20.6. The highest BCUT2D eigenvalue weighted by molar-refractivity contribution is 7.11. The third-order valence-electron chi connectivity index (χ3n) is 8.13. The van der Waals surface area contributed by atoms with E-state index in [1.54, 1.807) is 11.7 Å². The first kappa shape index (κ1) is 22.6. The molecule has 7 rings (SSSR count). The molecule has 1 unspecified atom stereocenters. The molecular weight excluding hydrogens is 492 g/mol. The lowest BCUT2D eigenvalue weighted by Crippen LogP contribution is -2.62. The topological polar surface area (TPSA) is 118 Å². The molecule has 37 heavy (non-hydrogen) atoms. The van der Waals surface area contributed by atoms with Crippen molar-refractivity contribution in [1.29, 1.82) is 0 Å². The van der Waals surface area contributed by atoms with Gasteiger partial charge in [-0.2, -0.15) is 0 Å². The van der Waals surface area contributed by atoms with Crippen LogP contribution in [0.3, 0.4) is 0 Å². The van der Waals surface area contributed by atoms with E-state index in [1.807, 2.05) is 34.1 Å². The second kappa shape index (κ2) is 7.95. The summed E-state index contributed by atoms with van der Waals surface area (Å²) in [5, 5.41) is 8.66. The standard InChI is InChI=1S/C26H26N6O4S/c1-25(2)8-15(25)23(33)32-12-26(13-32)11-31(24(34)19-9-27-14-37-19)10-16(26)22-30-29-21(36-22)7-20-28-17-5-3-4-6-18(17)35-20/h3-6,9,14-16H,7-8,10-13H2,1-2H3/t15-,16?/m1/s1. The Hall–Kier alpha value is -3.60. The number of carbonyl (C=O) groups excluding carboxylic acids is 2. The van der Waals surface area contributed by atoms with Gasteiger partial charge in [-0.15, -0.1) is 21.5 Å². The van der Waals surface area contributed by atoms with Crippen molar-refractivity contribution in [2.45, 2.75) is 32.6 Å². The molecule has 2 amide bonds. The number of nitrogens with zero attached hydrogens (tertiary/aromatic N) is 6. The maximum absolute atomic E-state index is 13.2. The Morgan fingerprint density at radius 2 is 1.86 bits per heavy atom. The van der Waals surface area contributed by atoms with E-state index >= 15 is 0 Å². The zero-order chi connectivity index (χ0) is 25.4. The Labute approximate surface area is 216 Å². The van der Waals surface area contributed by atoms with Crippen LogP contribution in [0.25, 0.3) is 11.1 Å². The number of oxazole rings is 1. The number of carbonyl (C=O) groups is 2. The molecule has 190 valence electrons. The molecule has 0 radical (unpaired) electrons. The second-order valence-corrected chi connectivity index (χ2v) is 12.1. The quantitative estimate of drug-likeness (QED) is 0.395. The Morgan fingerprint density at radius 1 is 1.08 bits per heavy atom. The number of rotatable bonds is 5. The highest BCUT2D eigenvalue weighted by atomic mass is 32.1. The van der Waals surface area contributed by atoms with Crippen LogP contribution in [0.15, 0.2) is 44.8 Å². The molecule has 3 aromatic heterocycles. The van der Waals surface area contributed by atoms with Gasteiger partial charge in [0, 0.05) is 37.5 Å². The largest absolute Gasteiger partial charge is 0.440 e. The number of para-hydroxylation sites is 2. The van der Waals surface area contributed by atoms with Crippen LogP contribution in [0.4, 0.5) is 0 Å². The number of fused-ring (bicyclic) bond motifs is 1. The van der Waals surface area contributed by atoms with Crippen LogP contribution in [0.2, 0.25) is 0 Å². The summed E-state index contributed by atoms with van der Waals surface area (Å²) in [6.45, 7) is 6.43. The van der Waals surface area contributed by atoms with E-state index in [-0.39, 0.29) is 40.9 Å². The van der Waals surface area contributed by atoms with Gasteiger partial charge in [-0.05, 0) is 24.0 Å². The minimum atomic E-state index is -0.309. The molecule has 4 aromatic rings. The molecule has 1 aromatic carbocycles. The van der Waals surface area contributed by atoms with E-state index in [4.69, 9.17) is 8.83 Å². The Balaban J connectivity index is 1.13. The van der Waals surface area contributed by atoms with Gasteiger partial charge in [-0.3, -0.25) is 14.6 Å². The minimum Gasteiger partial charge on any atom is -0.440 e. The first-order valence-electron chi connectivity index (χ1n) is 12.4.